The summed E-state index contributed by atoms with van der Waals surface area (Å²) >= 11 is 0. The van der Waals surface area contributed by atoms with E-state index in [1.54, 1.807) is 12.1 Å². The van der Waals surface area contributed by atoms with Gasteiger partial charge >= 0.3 is 0 Å². The van der Waals surface area contributed by atoms with Crippen molar-refractivity contribution in [1.29, 1.82) is 0 Å². The Hall–Kier alpha value is -2.89. The molecule has 5 nitrogen and oxygen atoms in total. The van der Waals surface area contributed by atoms with Gasteiger partial charge in [-0.25, -0.2) is 4.39 Å². The molecule has 1 N–H and O–H groups in total. The quantitative estimate of drug-likeness (QED) is 0.605. The molecule has 0 aliphatic carbocycles. The number of carbonyl (C=O) groups is 2. The van der Waals surface area contributed by atoms with Crippen molar-refractivity contribution in [1.82, 2.24) is 10.2 Å². The van der Waals surface area contributed by atoms with Crippen LogP contribution in [0.15, 0.2) is 48.5 Å². The topological polar surface area (TPSA) is 58.6 Å². The molecule has 174 valence electrons. The fraction of sp³-hybridized carbons (Fsp3) is 0.462. The molecule has 0 aliphatic rings. The van der Waals surface area contributed by atoms with Crippen LogP contribution < -0.4 is 10.1 Å². The number of hydrogen-bond acceptors (Lipinski definition) is 3. The van der Waals surface area contributed by atoms with Gasteiger partial charge in [-0.05, 0) is 61.1 Å². The fourth-order valence-corrected chi connectivity index (χ4v) is 3.37. The van der Waals surface area contributed by atoms with Crippen LogP contribution in [0.4, 0.5) is 4.39 Å². The zero-order valence-electron chi connectivity index (χ0n) is 19.9. The van der Waals surface area contributed by atoms with Gasteiger partial charge in [0.25, 0.3) is 5.91 Å². The SMILES string of the molecule is CCC(C(=O)NC(C)C)N(Cc1ccc(F)cc1)C(=O)COc1ccc(C(C)(C)C)cc1. The van der Waals surface area contributed by atoms with E-state index in [0.29, 0.717) is 12.2 Å². The van der Waals surface area contributed by atoms with Crippen molar-refractivity contribution in [2.45, 2.75) is 72.0 Å². The Morgan fingerprint density at radius 1 is 1.03 bits per heavy atom. The Balaban J connectivity index is 2.18. The minimum Gasteiger partial charge on any atom is -0.484 e. The highest BCUT2D eigenvalue weighted by molar-refractivity contribution is 5.88. The van der Waals surface area contributed by atoms with Crippen LogP contribution in [0.3, 0.4) is 0 Å². The van der Waals surface area contributed by atoms with Gasteiger partial charge in [-0.2, -0.15) is 0 Å². The third kappa shape index (κ3) is 7.36. The largest absolute Gasteiger partial charge is 0.484 e. The lowest BCUT2D eigenvalue weighted by Gasteiger charge is -2.31. The summed E-state index contributed by atoms with van der Waals surface area (Å²) in [6.07, 6.45) is 0.450. The van der Waals surface area contributed by atoms with Gasteiger partial charge in [0, 0.05) is 12.6 Å². The van der Waals surface area contributed by atoms with E-state index in [2.05, 4.69) is 26.1 Å². The number of halogens is 1. The normalized spacial score (nSPS) is 12.4. The number of nitrogens with one attached hydrogen (secondary N) is 1. The molecule has 0 aliphatic heterocycles. The first kappa shape index (κ1) is 25.4. The van der Waals surface area contributed by atoms with E-state index in [1.165, 1.54) is 22.6 Å². The number of benzene rings is 2. The lowest BCUT2D eigenvalue weighted by atomic mass is 9.87. The predicted molar refractivity (Wildman–Crippen MR) is 125 cm³/mol. The summed E-state index contributed by atoms with van der Waals surface area (Å²) in [5, 5.41) is 2.88. The number of ether oxygens (including phenoxy) is 1. The van der Waals surface area contributed by atoms with Gasteiger partial charge in [0.1, 0.15) is 17.6 Å². The Labute approximate surface area is 191 Å². The molecule has 0 radical (unpaired) electrons. The number of amides is 2. The Morgan fingerprint density at radius 3 is 2.12 bits per heavy atom. The maximum atomic E-state index is 13.3. The van der Waals surface area contributed by atoms with Crippen molar-refractivity contribution in [2.24, 2.45) is 0 Å². The van der Waals surface area contributed by atoms with Crippen molar-refractivity contribution >= 4 is 11.8 Å². The van der Waals surface area contributed by atoms with Gasteiger partial charge in [0.2, 0.25) is 5.91 Å². The Kier molecular flexibility index (Phi) is 8.81. The second kappa shape index (κ2) is 11.1. The van der Waals surface area contributed by atoms with Crippen LogP contribution in [-0.2, 0) is 21.5 Å². The minimum absolute atomic E-state index is 0.0262. The molecule has 0 saturated carbocycles. The number of carbonyl (C=O) groups excluding carboxylic acids is 2. The van der Waals surface area contributed by atoms with Crippen molar-refractivity contribution in [3.05, 3.63) is 65.5 Å². The van der Waals surface area contributed by atoms with Gasteiger partial charge in [0.15, 0.2) is 6.61 Å². The van der Waals surface area contributed by atoms with Crippen molar-refractivity contribution in [3.63, 3.8) is 0 Å². The molecular weight excluding hydrogens is 407 g/mol. The van der Waals surface area contributed by atoms with Crippen LogP contribution in [0, 0.1) is 5.82 Å². The number of rotatable bonds is 9. The maximum absolute atomic E-state index is 13.3. The summed E-state index contributed by atoms with van der Waals surface area (Å²) < 4.78 is 19.1. The molecule has 0 saturated heterocycles. The second-order valence-electron chi connectivity index (χ2n) is 9.30. The molecule has 2 aromatic rings. The number of nitrogens with zero attached hydrogens (tertiary/aromatic N) is 1. The van der Waals surface area contributed by atoms with E-state index in [-0.39, 0.29) is 42.2 Å². The molecule has 2 amide bonds. The lowest BCUT2D eigenvalue weighted by molar-refractivity contribution is -0.143. The van der Waals surface area contributed by atoms with Crippen LogP contribution in [0.2, 0.25) is 0 Å². The molecule has 0 spiro atoms. The van der Waals surface area contributed by atoms with E-state index in [9.17, 15) is 14.0 Å². The third-order valence-electron chi connectivity index (χ3n) is 5.17. The Bertz CT molecular complexity index is 887. The molecule has 0 aromatic heterocycles. The second-order valence-corrected chi connectivity index (χ2v) is 9.30. The first-order valence-electron chi connectivity index (χ1n) is 11.1. The lowest BCUT2D eigenvalue weighted by Crippen LogP contribution is -2.51. The van der Waals surface area contributed by atoms with Crippen LogP contribution in [0.1, 0.15) is 59.1 Å². The number of hydrogen-bond donors (Lipinski definition) is 1. The van der Waals surface area contributed by atoms with Crippen molar-refractivity contribution < 1.29 is 18.7 Å². The molecule has 2 aromatic carbocycles. The van der Waals surface area contributed by atoms with Gasteiger partial charge in [0.05, 0.1) is 0 Å². The van der Waals surface area contributed by atoms with Gasteiger partial charge in [-0.15, -0.1) is 0 Å². The molecule has 1 atom stereocenters. The van der Waals surface area contributed by atoms with Gasteiger partial charge in [-0.3, -0.25) is 9.59 Å². The minimum atomic E-state index is -0.651. The van der Waals surface area contributed by atoms with E-state index in [1.807, 2.05) is 45.0 Å². The monoisotopic (exact) mass is 442 g/mol. The van der Waals surface area contributed by atoms with Gasteiger partial charge < -0.3 is 15.0 Å². The summed E-state index contributed by atoms with van der Waals surface area (Å²) in [6, 6.07) is 12.9. The highest BCUT2D eigenvalue weighted by atomic mass is 19.1. The highest BCUT2D eigenvalue weighted by Crippen LogP contribution is 2.24. The van der Waals surface area contributed by atoms with E-state index >= 15 is 0 Å². The molecule has 0 heterocycles. The van der Waals surface area contributed by atoms with Crippen molar-refractivity contribution in [2.75, 3.05) is 6.61 Å². The van der Waals surface area contributed by atoms with E-state index in [4.69, 9.17) is 4.74 Å². The summed E-state index contributed by atoms with van der Waals surface area (Å²) in [7, 11) is 0. The summed E-state index contributed by atoms with van der Waals surface area (Å²) in [5.41, 5.74) is 1.94. The standard InChI is InChI=1S/C26H35FN2O3/c1-7-23(25(31)28-18(2)3)29(16-19-8-12-21(27)13-9-19)24(30)17-32-22-14-10-20(11-15-22)26(4,5)6/h8-15,18,23H,7,16-17H2,1-6H3,(H,28,31). The average Bonchev–Trinajstić information content (AvgIpc) is 2.72. The van der Waals surface area contributed by atoms with Crippen molar-refractivity contribution in [3.8, 4) is 5.75 Å². The fourth-order valence-electron chi connectivity index (χ4n) is 3.37. The molecule has 1 unspecified atom stereocenters. The first-order chi connectivity index (χ1) is 15.0. The van der Waals surface area contributed by atoms with E-state index in [0.717, 1.165) is 5.56 Å². The van der Waals surface area contributed by atoms with Gasteiger partial charge in [-0.1, -0.05) is 52.0 Å². The maximum Gasteiger partial charge on any atom is 0.261 e. The summed E-state index contributed by atoms with van der Waals surface area (Å²) in [5.74, 6) is -0.279. The Morgan fingerprint density at radius 2 is 1.62 bits per heavy atom. The molecule has 32 heavy (non-hydrogen) atoms. The average molecular weight is 443 g/mol. The smallest absolute Gasteiger partial charge is 0.261 e. The highest BCUT2D eigenvalue weighted by Gasteiger charge is 2.29. The summed E-state index contributed by atoms with van der Waals surface area (Å²) in [6.45, 7) is 12.0. The molecular formula is C26H35FN2O3. The van der Waals surface area contributed by atoms with Crippen LogP contribution in [0.5, 0.6) is 5.75 Å². The van der Waals surface area contributed by atoms with Crippen LogP contribution in [-0.4, -0.2) is 35.4 Å². The van der Waals surface area contributed by atoms with Crippen LogP contribution in [0.25, 0.3) is 0 Å². The van der Waals surface area contributed by atoms with Crippen LogP contribution >= 0.6 is 0 Å². The summed E-state index contributed by atoms with van der Waals surface area (Å²) in [4.78, 5) is 27.4. The third-order valence-corrected chi connectivity index (χ3v) is 5.17. The first-order valence-corrected chi connectivity index (χ1v) is 11.1. The molecule has 0 fully saturated rings. The molecule has 6 heteroatoms. The zero-order chi connectivity index (χ0) is 23.9. The molecule has 0 bridgehead atoms. The predicted octanol–water partition coefficient (Wildman–Crippen LogP) is 4.83. The van der Waals surface area contributed by atoms with E-state index < -0.39 is 6.04 Å². The molecule has 2 rings (SSSR count). The zero-order valence-corrected chi connectivity index (χ0v) is 19.9.